The maximum absolute atomic E-state index is 5.88. The van der Waals surface area contributed by atoms with E-state index in [1.807, 2.05) is 43.0 Å². The number of nitrogens with one attached hydrogen (secondary N) is 2. The molecule has 2 N–H and O–H groups in total. The quantitative estimate of drug-likeness (QED) is 0.631. The van der Waals surface area contributed by atoms with Crippen LogP contribution in [0.15, 0.2) is 30.3 Å². The number of para-hydroxylation sites is 1. The summed E-state index contributed by atoms with van der Waals surface area (Å²) in [6.07, 6.45) is 3.03. The number of benzene rings is 1. The van der Waals surface area contributed by atoms with E-state index < -0.39 is 0 Å². The molecular weight excluding hydrogens is 372 g/mol. The molecule has 0 saturated carbocycles. The van der Waals surface area contributed by atoms with E-state index >= 15 is 0 Å². The second kappa shape index (κ2) is 8.10. The van der Waals surface area contributed by atoms with Gasteiger partial charge in [-0.25, -0.2) is 9.97 Å². The molecule has 0 atom stereocenters. The average Bonchev–Trinajstić information content (AvgIpc) is 3.34. The molecule has 0 aliphatic carbocycles. The maximum Gasteiger partial charge on any atom is 0.167 e. The molecule has 3 aromatic rings. The normalized spacial score (nSPS) is 12.5. The van der Waals surface area contributed by atoms with Gasteiger partial charge in [0, 0.05) is 43.6 Å². The number of aryl methyl sites for hydroxylation is 1. The summed E-state index contributed by atoms with van der Waals surface area (Å²) in [6.45, 7) is 3.58. The number of nitrogens with zero attached hydrogens (tertiary/aromatic N) is 4. The van der Waals surface area contributed by atoms with E-state index in [0.29, 0.717) is 18.2 Å². The lowest BCUT2D eigenvalue weighted by molar-refractivity contribution is 0.358. The maximum atomic E-state index is 5.88. The zero-order chi connectivity index (χ0) is 19.5. The topological polar surface area (TPSA) is 79.0 Å². The molecule has 1 aliphatic heterocycles. The molecule has 1 aromatic carbocycles. The van der Waals surface area contributed by atoms with Crippen LogP contribution in [0.4, 0.5) is 17.5 Å². The highest BCUT2D eigenvalue weighted by Crippen LogP contribution is 2.36. The third-order valence-electron chi connectivity index (χ3n) is 4.65. The summed E-state index contributed by atoms with van der Waals surface area (Å²) in [5.41, 5.74) is 3.12. The average molecular weight is 397 g/mol. The van der Waals surface area contributed by atoms with Gasteiger partial charge in [-0.2, -0.15) is 16.9 Å². The van der Waals surface area contributed by atoms with Gasteiger partial charge in [-0.05, 0) is 24.8 Å². The molecule has 3 heterocycles. The molecule has 28 heavy (non-hydrogen) atoms. The Morgan fingerprint density at radius 3 is 2.93 bits per heavy atom. The number of H-pyrrole nitrogens is 1. The van der Waals surface area contributed by atoms with Crippen molar-refractivity contribution in [2.75, 3.05) is 42.4 Å². The van der Waals surface area contributed by atoms with E-state index in [-0.39, 0.29) is 0 Å². The van der Waals surface area contributed by atoms with Crippen LogP contribution >= 0.6 is 11.8 Å². The summed E-state index contributed by atoms with van der Waals surface area (Å²) in [5.74, 6) is 4.88. The van der Waals surface area contributed by atoms with E-state index in [4.69, 9.17) is 14.7 Å². The molecule has 0 spiro atoms. The Labute approximate surface area is 168 Å². The Bertz CT molecular complexity index is 973. The van der Waals surface area contributed by atoms with E-state index in [1.165, 1.54) is 5.56 Å². The molecule has 0 bridgehead atoms. The van der Waals surface area contributed by atoms with Crippen molar-refractivity contribution in [2.45, 2.75) is 13.3 Å². The van der Waals surface area contributed by atoms with Crippen LogP contribution in [0, 0.1) is 6.92 Å². The Hall–Kier alpha value is -2.74. The molecule has 0 saturated heterocycles. The smallest absolute Gasteiger partial charge is 0.167 e. The molecule has 0 fully saturated rings. The molecule has 0 amide bonds. The largest absolute Gasteiger partial charge is 0.492 e. The summed E-state index contributed by atoms with van der Waals surface area (Å²) >= 11 is 1.82. The lowest BCUT2D eigenvalue weighted by atomic mass is 10.1. The van der Waals surface area contributed by atoms with Crippen LogP contribution < -0.4 is 15.0 Å². The number of aromatic nitrogens is 4. The lowest BCUT2D eigenvalue weighted by Crippen LogP contribution is -2.22. The summed E-state index contributed by atoms with van der Waals surface area (Å²) < 4.78 is 5.88. The molecular formula is C20H24N6OS. The van der Waals surface area contributed by atoms with Gasteiger partial charge in [0.2, 0.25) is 0 Å². The van der Waals surface area contributed by atoms with Gasteiger partial charge in [0.25, 0.3) is 0 Å². The van der Waals surface area contributed by atoms with Gasteiger partial charge in [-0.15, -0.1) is 0 Å². The Balaban J connectivity index is 1.74. The van der Waals surface area contributed by atoms with Crippen LogP contribution in [0.5, 0.6) is 5.75 Å². The molecule has 2 aromatic heterocycles. The fourth-order valence-electron chi connectivity index (χ4n) is 3.16. The van der Waals surface area contributed by atoms with Crippen LogP contribution in [0.2, 0.25) is 0 Å². The third-order valence-corrected chi connectivity index (χ3v) is 5.24. The number of fused-ring (bicyclic) bond motifs is 1. The van der Waals surface area contributed by atoms with Gasteiger partial charge in [0.05, 0.1) is 12.2 Å². The monoisotopic (exact) mass is 396 g/mol. The first-order valence-electron chi connectivity index (χ1n) is 9.27. The minimum absolute atomic E-state index is 0.655. The summed E-state index contributed by atoms with van der Waals surface area (Å²) in [4.78, 5) is 11.7. The van der Waals surface area contributed by atoms with Crippen LogP contribution in [-0.2, 0) is 6.42 Å². The Kier molecular flexibility index (Phi) is 5.38. The summed E-state index contributed by atoms with van der Waals surface area (Å²) in [5, 5.41) is 10.5. The summed E-state index contributed by atoms with van der Waals surface area (Å²) in [6, 6.07) is 10.1. The molecule has 146 valence electrons. The first kappa shape index (κ1) is 18.6. The van der Waals surface area contributed by atoms with Crippen molar-refractivity contribution in [1.29, 1.82) is 0 Å². The highest BCUT2D eigenvalue weighted by atomic mass is 32.2. The van der Waals surface area contributed by atoms with Crippen molar-refractivity contribution in [3.63, 3.8) is 0 Å². The number of hydrogen-bond acceptors (Lipinski definition) is 7. The van der Waals surface area contributed by atoms with Crippen molar-refractivity contribution in [3.8, 4) is 17.1 Å². The van der Waals surface area contributed by atoms with E-state index in [2.05, 4.69) is 39.8 Å². The first-order chi connectivity index (χ1) is 13.6. The van der Waals surface area contributed by atoms with Gasteiger partial charge >= 0.3 is 0 Å². The van der Waals surface area contributed by atoms with Crippen LogP contribution in [0.3, 0.4) is 0 Å². The second-order valence-corrected chi connectivity index (χ2v) is 7.79. The van der Waals surface area contributed by atoms with Crippen LogP contribution in [-0.4, -0.2) is 52.4 Å². The molecule has 4 rings (SSSR count). The van der Waals surface area contributed by atoms with Gasteiger partial charge in [0.15, 0.2) is 11.6 Å². The van der Waals surface area contributed by atoms with Crippen molar-refractivity contribution in [2.24, 2.45) is 0 Å². The highest BCUT2D eigenvalue weighted by Gasteiger charge is 2.20. The van der Waals surface area contributed by atoms with Crippen LogP contribution in [0.25, 0.3) is 11.4 Å². The first-order valence-corrected chi connectivity index (χ1v) is 10.7. The Morgan fingerprint density at radius 1 is 1.25 bits per heavy atom. The van der Waals surface area contributed by atoms with Crippen molar-refractivity contribution < 1.29 is 4.74 Å². The zero-order valence-electron chi connectivity index (χ0n) is 16.3. The zero-order valence-corrected chi connectivity index (χ0v) is 17.1. The van der Waals surface area contributed by atoms with Crippen molar-refractivity contribution in [1.82, 2.24) is 20.2 Å². The highest BCUT2D eigenvalue weighted by molar-refractivity contribution is 7.98. The van der Waals surface area contributed by atoms with Crippen molar-refractivity contribution >= 4 is 29.2 Å². The lowest BCUT2D eigenvalue weighted by Gasteiger charge is -2.19. The molecule has 7 nitrogen and oxygen atoms in total. The second-order valence-electron chi connectivity index (χ2n) is 6.80. The molecule has 1 aliphatic rings. The molecule has 0 unspecified atom stereocenters. The van der Waals surface area contributed by atoms with Gasteiger partial charge in [0.1, 0.15) is 17.4 Å². The number of hydrogen-bond donors (Lipinski definition) is 2. The van der Waals surface area contributed by atoms with Crippen LogP contribution in [0.1, 0.15) is 11.3 Å². The fraction of sp³-hybridized carbons (Fsp3) is 0.350. The van der Waals surface area contributed by atoms with E-state index in [1.54, 1.807) is 0 Å². The molecule has 0 radical (unpaired) electrons. The predicted octanol–water partition coefficient (Wildman–Crippen LogP) is 3.65. The van der Waals surface area contributed by atoms with Gasteiger partial charge in [-0.3, -0.25) is 5.10 Å². The summed E-state index contributed by atoms with van der Waals surface area (Å²) in [7, 11) is 2.05. The number of thioether (sulfide) groups is 1. The number of anilines is 3. The van der Waals surface area contributed by atoms with Crippen molar-refractivity contribution in [3.05, 3.63) is 41.6 Å². The predicted molar refractivity (Wildman–Crippen MR) is 115 cm³/mol. The van der Waals surface area contributed by atoms with E-state index in [0.717, 1.165) is 47.4 Å². The van der Waals surface area contributed by atoms with E-state index in [9.17, 15) is 0 Å². The number of rotatable bonds is 7. The third kappa shape index (κ3) is 3.91. The number of aromatic amines is 1. The van der Waals surface area contributed by atoms with Gasteiger partial charge in [-0.1, -0.05) is 12.1 Å². The standard InChI is InChI=1S/C20H24N6OS/c1-13-11-17(25-24-13)21-16-12-18(26(2)8-10-28-3)23-20(22-16)15-6-4-5-14-7-9-27-19(14)15/h4-6,11-12H,7-10H2,1-3H3,(H2,21,22,23,24,25). The Morgan fingerprint density at radius 2 is 2.14 bits per heavy atom. The molecule has 8 heteroatoms. The van der Waals surface area contributed by atoms with Gasteiger partial charge < -0.3 is 15.0 Å². The number of ether oxygens (including phenoxy) is 1. The minimum atomic E-state index is 0.655. The minimum Gasteiger partial charge on any atom is -0.492 e. The fourth-order valence-corrected chi connectivity index (χ4v) is 3.62. The SMILES string of the molecule is CSCCN(C)c1cc(Nc2cc(C)[nH]n2)nc(-c2cccc3c2OCC3)n1.